The first-order valence-corrected chi connectivity index (χ1v) is 8.07. The molecule has 0 radical (unpaired) electrons. The molecule has 0 aliphatic heterocycles. The van der Waals surface area contributed by atoms with Gasteiger partial charge in [0, 0.05) is 6.04 Å². The van der Waals surface area contributed by atoms with E-state index in [4.69, 9.17) is 4.74 Å². The van der Waals surface area contributed by atoms with Gasteiger partial charge >= 0.3 is 0 Å². The number of benzene rings is 1. The molecule has 0 heterocycles. The van der Waals surface area contributed by atoms with Crippen molar-refractivity contribution >= 4 is 0 Å². The van der Waals surface area contributed by atoms with E-state index in [1.54, 1.807) is 0 Å². The normalized spacial score (nSPS) is 12.7. The zero-order valence-corrected chi connectivity index (χ0v) is 13.6. The third-order valence-electron chi connectivity index (χ3n) is 3.39. The molecule has 0 spiro atoms. The topological polar surface area (TPSA) is 21.3 Å². The summed E-state index contributed by atoms with van der Waals surface area (Å²) < 4.78 is 5.87. The Morgan fingerprint density at radius 3 is 2.70 bits per heavy atom. The van der Waals surface area contributed by atoms with Crippen LogP contribution in [0.5, 0.6) is 5.75 Å². The molecule has 1 aromatic carbocycles. The summed E-state index contributed by atoms with van der Waals surface area (Å²) in [6, 6.07) is 9.03. The molecule has 0 saturated carbocycles. The van der Waals surface area contributed by atoms with Gasteiger partial charge in [0.25, 0.3) is 0 Å². The fraction of sp³-hybridized carbons (Fsp3) is 0.667. The minimum Gasteiger partial charge on any atom is -0.494 e. The van der Waals surface area contributed by atoms with Gasteiger partial charge in [0.15, 0.2) is 0 Å². The van der Waals surface area contributed by atoms with Crippen molar-refractivity contribution in [1.29, 1.82) is 0 Å². The van der Waals surface area contributed by atoms with Crippen LogP contribution < -0.4 is 10.1 Å². The van der Waals surface area contributed by atoms with Gasteiger partial charge in [-0.2, -0.15) is 0 Å². The summed E-state index contributed by atoms with van der Waals surface area (Å²) in [5.74, 6) is 1.69. The summed E-state index contributed by atoms with van der Waals surface area (Å²) in [7, 11) is 0. The van der Waals surface area contributed by atoms with Crippen molar-refractivity contribution in [3.05, 3.63) is 29.8 Å². The molecule has 0 amide bonds. The molecule has 1 rings (SSSR count). The molecule has 0 bridgehead atoms. The number of ether oxygens (including phenoxy) is 1. The number of rotatable bonds is 10. The average molecular weight is 277 g/mol. The molecule has 2 heteroatoms. The first-order valence-electron chi connectivity index (χ1n) is 8.07. The van der Waals surface area contributed by atoms with Crippen molar-refractivity contribution in [1.82, 2.24) is 5.32 Å². The van der Waals surface area contributed by atoms with E-state index in [-0.39, 0.29) is 0 Å². The van der Waals surface area contributed by atoms with Gasteiger partial charge in [-0.3, -0.25) is 0 Å². The first kappa shape index (κ1) is 17.0. The van der Waals surface area contributed by atoms with Crippen LogP contribution in [0, 0.1) is 5.92 Å². The zero-order chi connectivity index (χ0) is 14.8. The molecule has 1 unspecified atom stereocenters. The molecule has 0 fully saturated rings. The van der Waals surface area contributed by atoms with Crippen LogP contribution in [0.3, 0.4) is 0 Å². The Labute approximate surface area is 124 Å². The summed E-state index contributed by atoms with van der Waals surface area (Å²) in [6.45, 7) is 10.8. The van der Waals surface area contributed by atoms with Crippen LogP contribution in [0.4, 0.5) is 0 Å². The molecule has 0 saturated heterocycles. The molecule has 20 heavy (non-hydrogen) atoms. The van der Waals surface area contributed by atoms with Crippen LogP contribution in [0.25, 0.3) is 0 Å². The highest BCUT2D eigenvalue weighted by Gasteiger charge is 2.03. The quantitative estimate of drug-likeness (QED) is 0.639. The lowest BCUT2D eigenvalue weighted by atomic mass is 10.0. The molecule has 0 aliphatic rings. The smallest absolute Gasteiger partial charge is 0.119 e. The predicted octanol–water partition coefficient (Wildman–Crippen LogP) is 4.43. The van der Waals surface area contributed by atoms with Crippen molar-refractivity contribution in [3.8, 4) is 5.75 Å². The van der Waals surface area contributed by atoms with E-state index in [0.717, 1.165) is 31.7 Å². The number of nitrogens with one attached hydrogen (secondary N) is 1. The van der Waals surface area contributed by atoms with Gasteiger partial charge in [-0.1, -0.05) is 39.3 Å². The van der Waals surface area contributed by atoms with Gasteiger partial charge in [-0.15, -0.1) is 0 Å². The van der Waals surface area contributed by atoms with E-state index >= 15 is 0 Å². The van der Waals surface area contributed by atoms with Gasteiger partial charge in [0.05, 0.1) is 6.61 Å². The highest BCUT2D eigenvalue weighted by Crippen LogP contribution is 2.16. The van der Waals surface area contributed by atoms with Crippen molar-refractivity contribution in [2.75, 3.05) is 13.2 Å². The largest absolute Gasteiger partial charge is 0.494 e. The van der Waals surface area contributed by atoms with E-state index < -0.39 is 0 Å². The second-order valence-electron chi connectivity index (χ2n) is 6.09. The van der Waals surface area contributed by atoms with Crippen molar-refractivity contribution in [3.63, 3.8) is 0 Å². The molecule has 1 N–H and O–H groups in total. The molecular formula is C18H31NO. The second kappa shape index (κ2) is 9.82. The SMILES string of the molecule is CCCCNC(C)CCOc1cccc(CC(C)C)c1. The van der Waals surface area contributed by atoms with Crippen molar-refractivity contribution in [2.45, 2.75) is 59.4 Å². The highest BCUT2D eigenvalue weighted by molar-refractivity contribution is 5.28. The van der Waals surface area contributed by atoms with E-state index in [0.29, 0.717) is 12.0 Å². The maximum absolute atomic E-state index is 5.87. The highest BCUT2D eigenvalue weighted by atomic mass is 16.5. The predicted molar refractivity (Wildman–Crippen MR) is 87.5 cm³/mol. The second-order valence-corrected chi connectivity index (χ2v) is 6.09. The summed E-state index contributed by atoms with van der Waals surface area (Å²) >= 11 is 0. The number of unbranched alkanes of at least 4 members (excludes halogenated alkanes) is 1. The lowest BCUT2D eigenvalue weighted by molar-refractivity contribution is 0.289. The Hall–Kier alpha value is -1.02. The van der Waals surface area contributed by atoms with Gasteiger partial charge < -0.3 is 10.1 Å². The maximum Gasteiger partial charge on any atom is 0.119 e. The summed E-state index contributed by atoms with van der Waals surface area (Å²) in [6.07, 6.45) is 4.67. The Morgan fingerprint density at radius 1 is 1.20 bits per heavy atom. The zero-order valence-electron chi connectivity index (χ0n) is 13.6. The van der Waals surface area contributed by atoms with Gasteiger partial charge in [0.1, 0.15) is 5.75 Å². The summed E-state index contributed by atoms with van der Waals surface area (Å²) in [5, 5.41) is 3.53. The fourth-order valence-corrected chi connectivity index (χ4v) is 2.21. The van der Waals surface area contributed by atoms with Crippen LogP contribution in [-0.2, 0) is 6.42 Å². The van der Waals surface area contributed by atoms with Gasteiger partial charge in [-0.05, 0) is 56.3 Å². The Balaban J connectivity index is 2.27. The van der Waals surface area contributed by atoms with Crippen LogP contribution in [0.15, 0.2) is 24.3 Å². The van der Waals surface area contributed by atoms with Crippen molar-refractivity contribution < 1.29 is 4.74 Å². The van der Waals surface area contributed by atoms with E-state index in [1.807, 2.05) is 0 Å². The van der Waals surface area contributed by atoms with Crippen LogP contribution in [-0.4, -0.2) is 19.2 Å². The monoisotopic (exact) mass is 277 g/mol. The van der Waals surface area contributed by atoms with Crippen LogP contribution in [0.2, 0.25) is 0 Å². The van der Waals surface area contributed by atoms with Crippen LogP contribution >= 0.6 is 0 Å². The molecule has 1 aromatic rings. The third kappa shape index (κ3) is 7.54. The number of hydrogen-bond donors (Lipinski definition) is 1. The maximum atomic E-state index is 5.87. The lowest BCUT2D eigenvalue weighted by Gasteiger charge is -2.14. The first-order chi connectivity index (χ1) is 9.61. The Kier molecular flexibility index (Phi) is 8.36. The van der Waals surface area contributed by atoms with Gasteiger partial charge in [-0.25, -0.2) is 0 Å². The third-order valence-corrected chi connectivity index (χ3v) is 3.39. The Morgan fingerprint density at radius 2 is 2.00 bits per heavy atom. The lowest BCUT2D eigenvalue weighted by Crippen LogP contribution is -2.28. The van der Waals surface area contributed by atoms with Crippen molar-refractivity contribution in [2.24, 2.45) is 5.92 Å². The summed E-state index contributed by atoms with van der Waals surface area (Å²) in [5.41, 5.74) is 1.37. The summed E-state index contributed by atoms with van der Waals surface area (Å²) in [4.78, 5) is 0. The van der Waals surface area contributed by atoms with E-state index in [2.05, 4.69) is 57.3 Å². The number of hydrogen-bond acceptors (Lipinski definition) is 2. The molecule has 0 aliphatic carbocycles. The molecule has 114 valence electrons. The van der Waals surface area contributed by atoms with E-state index in [1.165, 1.54) is 18.4 Å². The Bertz CT molecular complexity index is 362. The molecule has 1 atom stereocenters. The average Bonchev–Trinajstić information content (AvgIpc) is 2.39. The molecular weight excluding hydrogens is 246 g/mol. The fourth-order valence-electron chi connectivity index (χ4n) is 2.21. The minimum atomic E-state index is 0.528. The van der Waals surface area contributed by atoms with Crippen LogP contribution in [0.1, 0.15) is 52.5 Å². The van der Waals surface area contributed by atoms with E-state index in [9.17, 15) is 0 Å². The molecule has 2 nitrogen and oxygen atoms in total. The minimum absolute atomic E-state index is 0.528. The van der Waals surface area contributed by atoms with Gasteiger partial charge in [0.2, 0.25) is 0 Å². The molecule has 0 aromatic heterocycles. The standard InChI is InChI=1S/C18H31NO/c1-5-6-11-19-16(4)10-12-20-18-9-7-8-17(14-18)13-15(2)3/h7-9,14-16,19H,5-6,10-13H2,1-4H3.